The molecule has 0 radical (unpaired) electrons. The Labute approximate surface area is 207 Å². The predicted molar refractivity (Wildman–Crippen MR) is 143 cm³/mol. The van der Waals surface area contributed by atoms with Crippen LogP contribution >= 0.6 is 0 Å². The molecule has 0 unspecified atom stereocenters. The first-order valence-electron chi connectivity index (χ1n) is 12.3. The fourth-order valence-corrected chi connectivity index (χ4v) is 5.24. The normalized spacial score (nSPS) is 13.0. The van der Waals surface area contributed by atoms with Gasteiger partial charge in [0, 0.05) is 66.5 Å². The molecule has 0 aliphatic heterocycles. The maximum Gasteiger partial charge on any atom is 0.0708 e. The van der Waals surface area contributed by atoms with Crippen LogP contribution in [0.5, 0.6) is 0 Å². The van der Waals surface area contributed by atoms with Gasteiger partial charge in [-0.2, -0.15) is 15.3 Å². The lowest BCUT2D eigenvalue weighted by molar-refractivity contribution is 0.515. The van der Waals surface area contributed by atoms with Crippen LogP contribution in [0.2, 0.25) is 0 Å². The van der Waals surface area contributed by atoms with Crippen LogP contribution in [0.3, 0.4) is 0 Å². The van der Waals surface area contributed by atoms with Gasteiger partial charge in [0.2, 0.25) is 0 Å². The maximum absolute atomic E-state index is 4.39. The lowest BCUT2D eigenvalue weighted by atomic mass is 9.89. The molecule has 0 amide bonds. The largest absolute Gasteiger partial charge is 0.272 e. The van der Waals surface area contributed by atoms with Crippen molar-refractivity contribution < 1.29 is 0 Å². The first-order valence-corrected chi connectivity index (χ1v) is 12.3. The van der Waals surface area contributed by atoms with E-state index >= 15 is 0 Å². The number of aryl methyl sites for hydroxylation is 5. The molecule has 0 bridgehead atoms. The second-order valence-electron chi connectivity index (χ2n) is 12.8. The zero-order valence-electron chi connectivity index (χ0n) is 24.5. The van der Waals surface area contributed by atoms with Crippen molar-refractivity contribution in [3.05, 3.63) is 51.4 Å². The van der Waals surface area contributed by atoms with E-state index < -0.39 is 0 Å². The van der Waals surface area contributed by atoms with Crippen LogP contribution in [0.4, 0.5) is 0 Å². The molecule has 3 heterocycles. The molecule has 1 aliphatic carbocycles. The maximum atomic E-state index is 4.39. The molecule has 34 heavy (non-hydrogen) atoms. The molecule has 0 fully saturated rings. The zero-order chi connectivity index (χ0) is 26.4. The highest BCUT2D eigenvalue weighted by atomic mass is 15.3. The molecule has 190 valence electrons. The Bertz CT molecular complexity index is 1080. The summed E-state index contributed by atoms with van der Waals surface area (Å²) in [5.41, 5.74) is 11.2. The summed E-state index contributed by atoms with van der Waals surface area (Å²) in [7, 11) is 6.04. The van der Waals surface area contributed by atoms with Gasteiger partial charge < -0.3 is 0 Å². The summed E-state index contributed by atoms with van der Waals surface area (Å²) in [6, 6.07) is 0. The number of nitrogens with zero attached hydrogens (tertiary/aromatic N) is 6. The highest BCUT2D eigenvalue weighted by Crippen LogP contribution is 2.37. The molecule has 6 heteroatoms. The van der Waals surface area contributed by atoms with Gasteiger partial charge in [-0.05, 0) is 31.9 Å². The summed E-state index contributed by atoms with van der Waals surface area (Å²) in [5, 5.41) is 13.0. The van der Waals surface area contributed by atoms with Gasteiger partial charge in [-0.1, -0.05) is 62.3 Å². The van der Waals surface area contributed by atoms with Crippen molar-refractivity contribution >= 4 is 0 Å². The van der Waals surface area contributed by atoms with E-state index in [1.54, 1.807) is 0 Å². The molecule has 0 N–H and O–H groups in total. The minimum absolute atomic E-state index is 0.195. The fraction of sp³-hybridized carbons (Fsp3) is 0.679. The number of hydrogen-bond acceptors (Lipinski definition) is 3. The van der Waals surface area contributed by atoms with Crippen LogP contribution in [0.25, 0.3) is 0 Å². The van der Waals surface area contributed by atoms with Gasteiger partial charge in [0.1, 0.15) is 0 Å². The van der Waals surface area contributed by atoms with Gasteiger partial charge in [0.25, 0.3) is 0 Å². The molecular weight excluding hydrogens is 420 g/mol. The molecule has 3 aromatic rings. The lowest BCUT2D eigenvalue weighted by Crippen LogP contribution is -2.18. The minimum Gasteiger partial charge on any atom is -0.272 e. The minimum atomic E-state index is 0.195. The van der Waals surface area contributed by atoms with E-state index in [1.165, 1.54) is 39.5 Å². The van der Waals surface area contributed by atoms with Crippen molar-refractivity contribution in [3.63, 3.8) is 0 Å². The average molecular weight is 469 g/mol. The molecule has 0 saturated carbocycles. The summed E-state index contributed by atoms with van der Waals surface area (Å²) in [5.74, 6) is 0. The Hall–Kier alpha value is -2.37. The van der Waals surface area contributed by atoms with Crippen LogP contribution < -0.4 is 0 Å². The standard InChI is InChI=1S/C10H18N2.C9H14N2.C9H16N2/c1-7-8(2)11-12(6)9(7)10(3,4)5;1-9(2,3)8-6-5-7(6)10-11(8)4;1-7-6-10-11(5)8(7)9(2,3)4/h1-6H3;5H2,1-4H3;6H,1-5H3. The van der Waals surface area contributed by atoms with Gasteiger partial charge in [0.05, 0.1) is 17.6 Å². The van der Waals surface area contributed by atoms with E-state index in [0.29, 0.717) is 0 Å². The molecule has 4 rings (SSSR count). The summed E-state index contributed by atoms with van der Waals surface area (Å²) >= 11 is 0. The Morgan fingerprint density at radius 3 is 1.32 bits per heavy atom. The van der Waals surface area contributed by atoms with Crippen LogP contribution in [0, 0.1) is 20.8 Å². The van der Waals surface area contributed by atoms with Gasteiger partial charge >= 0.3 is 0 Å². The molecular formula is C28H48N6. The van der Waals surface area contributed by atoms with Crippen LogP contribution in [-0.4, -0.2) is 29.3 Å². The van der Waals surface area contributed by atoms with Gasteiger partial charge in [-0.3, -0.25) is 14.0 Å². The second kappa shape index (κ2) is 9.35. The highest BCUT2D eigenvalue weighted by Gasteiger charge is 2.33. The molecule has 0 saturated heterocycles. The molecule has 6 nitrogen and oxygen atoms in total. The second-order valence-corrected chi connectivity index (χ2v) is 12.8. The summed E-state index contributed by atoms with van der Waals surface area (Å²) in [4.78, 5) is 0. The van der Waals surface area contributed by atoms with E-state index in [4.69, 9.17) is 0 Å². The summed E-state index contributed by atoms with van der Waals surface area (Å²) in [6.07, 6.45) is 3.05. The highest BCUT2D eigenvalue weighted by molar-refractivity contribution is 5.46. The molecule has 0 atom stereocenters. The first kappa shape index (κ1) is 27.9. The molecule has 3 aromatic heterocycles. The SMILES string of the molecule is Cc1cnn(C)c1C(C)(C)C.Cc1nn(C)c(C(C)(C)C)c1C.Cn1nc2c(c1C(C)(C)C)C2. The monoisotopic (exact) mass is 468 g/mol. The van der Waals surface area contributed by atoms with E-state index in [1.807, 2.05) is 41.4 Å². The number of aromatic nitrogens is 6. The van der Waals surface area contributed by atoms with E-state index in [2.05, 4.69) is 98.4 Å². The smallest absolute Gasteiger partial charge is 0.0708 e. The van der Waals surface area contributed by atoms with Gasteiger partial charge in [-0.25, -0.2) is 0 Å². The van der Waals surface area contributed by atoms with E-state index in [0.717, 1.165) is 12.1 Å². The Balaban J connectivity index is 0.000000180. The van der Waals surface area contributed by atoms with Crippen molar-refractivity contribution in [1.82, 2.24) is 29.3 Å². The third-order valence-corrected chi connectivity index (χ3v) is 6.22. The van der Waals surface area contributed by atoms with Crippen molar-refractivity contribution in [1.29, 1.82) is 0 Å². The average Bonchev–Trinajstić information content (AvgIpc) is 2.97. The van der Waals surface area contributed by atoms with Gasteiger partial charge in [-0.15, -0.1) is 0 Å². The Morgan fingerprint density at radius 2 is 1.12 bits per heavy atom. The van der Waals surface area contributed by atoms with E-state index in [-0.39, 0.29) is 16.2 Å². The van der Waals surface area contributed by atoms with Crippen molar-refractivity contribution in [2.45, 2.75) is 106 Å². The fourth-order valence-electron chi connectivity index (χ4n) is 5.24. The number of hydrogen-bond donors (Lipinski definition) is 0. The quantitative estimate of drug-likeness (QED) is 0.319. The lowest BCUT2D eigenvalue weighted by Gasteiger charge is -2.19. The Kier molecular flexibility index (Phi) is 7.66. The number of rotatable bonds is 0. The van der Waals surface area contributed by atoms with Crippen molar-refractivity contribution in [2.24, 2.45) is 21.1 Å². The molecule has 0 aromatic carbocycles. The van der Waals surface area contributed by atoms with Crippen molar-refractivity contribution in [2.75, 3.05) is 0 Å². The van der Waals surface area contributed by atoms with Crippen LogP contribution in [0.1, 0.15) is 107 Å². The Morgan fingerprint density at radius 1 is 0.647 bits per heavy atom. The van der Waals surface area contributed by atoms with Crippen LogP contribution in [-0.2, 0) is 43.8 Å². The topological polar surface area (TPSA) is 53.5 Å². The van der Waals surface area contributed by atoms with E-state index in [9.17, 15) is 0 Å². The molecule has 1 aliphatic rings. The number of fused-ring (bicyclic) bond motifs is 1. The van der Waals surface area contributed by atoms with Crippen molar-refractivity contribution in [3.8, 4) is 0 Å². The third kappa shape index (κ3) is 6.19. The predicted octanol–water partition coefficient (Wildman–Crippen LogP) is 5.98. The first-order chi connectivity index (χ1) is 15.3. The third-order valence-electron chi connectivity index (χ3n) is 6.22. The van der Waals surface area contributed by atoms with Crippen LogP contribution in [0.15, 0.2) is 6.20 Å². The zero-order valence-corrected chi connectivity index (χ0v) is 24.5. The molecule has 0 spiro atoms. The summed E-state index contributed by atoms with van der Waals surface area (Å²) < 4.78 is 5.97. The summed E-state index contributed by atoms with van der Waals surface area (Å²) in [6.45, 7) is 26.3. The van der Waals surface area contributed by atoms with Gasteiger partial charge in [0.15, 0.2) is 0 Å².